The van der Waals surface area contributed by atoms with Crippen LogP contribution in [-0.4, -0.2) is 38.7 Å². The fourth-order valence-corrected chi connectivity index (χ4v) is 5.51. The zero-order valence-corrected chi connectivity index (χ0v) is 23.4. The number of nitrogens with zero attached hydrogens (tertiary/aromatic N) is 6. The number of rotatable bonds is 9. The van der Waals surface area contributed by atoms with Gasteiger partial charge in [0.15, 0.2) is 5.60 Å². The Labute approximate surface area is 247 Å². The molecule has 1 unspecified atom stereocenters. The molecular formula is C29H20F4N6O4S. The Balaban J connectivity index is 1.55. The number of hydrogen-bond donors (Lipinski definition) is 1. The van der Waals surface area contributed by atoms with Crippen LogP contribution in [0.1, 0.15) is 22.4 Å². The molecule has 0 fully saturated rings. The number of benzene rings is 3. The third-order valence-electron chi connectivity index (χ3n) is 6.62. The third kappa shape index (κ3) is 5.60. The van der Waals surface area contributed by atoms with Crippen LogP contribution in [0.4, 0.5) is 17.6 Å². The summed E-state index contributed by atoms with van der Waals surface area (Å²) in [5.41, 5.74) is -4.62. The number of halogens is 4. The number of aryl methyl sites for hydroxylation is 1. The Kier molecular flexibility index (Phi) is 7.89. The van der Waals surface area contributed by atoms with Crippen molar-refractivity contribution in [3.8, 4) is 17.6 Å². The second-order valence-corrected chi connectivity index (χ2v) is 11.5. The summed E-state index contributed by atoms with van der Waals surface area (Å²) in [4.78, 5) is 3.45. The van der Waals surface area contributed by atoms with Gasteiger partial charge in [0.05, 0.1) is 29.3 Å². The van der Waals surface area contributed by atoms with Gasteiger partial charge in [0.2, 0.25) is 9.84 Å². The molecule has 5 rings (SSSR count). The molecule has 2 heterocycles. The lowest BCUT2D eigenvalue weighted by Gasteiger charge is -2.36. The molecule has 224 valence electrons. The number of alkyl halides is 2. The minimum Gasteiger partial charge on any atom is -0.456 e. The largest absolute Gasteiger partial charge is 0.456 e. The number of ether oxygens (including phenoxy) is 1. The minimum absolute atomic E-state index is 0.0118. The van der Waals surface area contributed by atoms with Gasteiger partial charge in [0.25, 0.3) is 5.16 Å². The summed E-state index contributed by atoms with van der Waals surface area (Å²) >= 11 is 0. The SMILES string of the molecule is Cc1ccc(S(=O)(=O)c2nnnn2CC(O)(c2ccc(F)cc2F)C(F)(F)c2ccc(Oc3ccc(C#N)cc3)cn2)cc1. The molecule has 44 heavy (non-hydrogen) atoms. The first-order chi connectivity index (χ1) is 20.8. The summed E-state index contributed by atoms with van der Waals surface area (Å²) in [7, 11) is -4.50. The van der Waals surface area contributed by atoms with Gasteiger partial charge in [-0.05, 0) is 78.0 Å². The van der Waals surface area contributed by atoms with Crippen LogP contribution in [-0.2, 0) is 27.9 Å². The molecule has 2 aromatic heterocycles. The first-order valence-electron chi connectivity index (χ1n) is 12.6. The van der Waals surface area contributed by atoms with E-state index in [1.165, 1.54) is 48.5 Å². The molecule has 0 aliphatic rings. The third-order valence-corrected chi connectivity index (χ3v) is 8.29. The number of aliphatic hydroxyl groups is 1. The molecule has 0 radical (unpaired) electrons. The van der Waals surface area contributed by atoms with E-state index in [9.17, 15) is 17.9 Å². The number of tetrazole rings is 1. The van der Waals surface area contributed by atoms with Crippen molar-refractivity contribution < 1.29 is 35.8 Å². The van der Waals surface area contributed by atoms with Crippen molar-refractivity contribution >= 4 is 9.84 Å². The van der Waals surface area contributed by atoms with E-state index in [2.05, 4.69) is 20.5 Å². The molecule has 0 aliphatic heterocycles. The van der Waals surface area contributed by atoms with Gasteiger partial charge < -0.3 is 9.84 Å². The van der Waals surface area contributed by atoms with Crippen molar-refractivity contribution in [3.63, 3.8) is 0 Å². The number of aromatic nitrogens is 5. The highest BCUT2D eigenvalue weighted by molar-refractivity contribution is 7.91. The van der Waals surface area contributed by atoms with Crippen molar-refractivity contribution in [3.05, 3.63) is 119 Å². The van der Waals surface area contributed by atoms with Crippen molar-refractivity contribution in [1.82, 2.24) is 25.2 Å². The molecule has 0 aliphatic carbocycles. The molecule has 15 heteroatoms. The van der Waals surface area contributed by atoms with Crippen LogP contribution in [0.3, 0.4) is 0 Å². The molecule has 10 nitrogen and oxygen atoms in total. The molecule has 0 saturated heterocycles. The van der Waals surface area contributed by atoms with Gasteiger partial charge in [-0.1, -0.05) is 22.8 Å². The lowest BCUT2D eigenvalue weighted by molar-refractivity contribution is -0.208. The van der Waals surface area contributed by atoms with Crippen LogP contribution in [0.2, 0.25) is 0 Å². The van der Waals surface area contributed by atoms with Gasteiger partial charge in [-0.25, -0.2) is 21.9 Å². The van der Waals surface area contributed by atoms with Crippen molar-refractivity contribution in [2.45, 2.75) is 35.0 Å². The second-order valence-electron chi connectivity index (χ2n) is 9.61. The fourth-order valence-electron chi connectivity index (χ4n) is 4.28. The molecular weight excluding hydrogens is 604 g/mol. The summed E-state index contributed by atoms with van der Waals surface area (Å²) in [5, 5.41) is 29.9. The van der Waals surface area contributed by atoms with E-state index in [0.29, 0.717) is 28.4 Å². The molecule has 1 N–H and O–H groups in total. The predicted octanol–water partition coefficient (Wildman–Crippen LogP) is 4.83. The zero-order valence-electron chi connectivity index (χ0n) is 22.6. The van der Waals surface area contributed by atoms with Crippen LogP contribution in [0, 0.1) is 29.9 Å². The van der Waals surface area contributed by atoms with Crippen LogP contribution in [0.25, 0.3) is 0 Å². The summed E-state index contributed by atoms with van der Waals surface area (Å²) < 4.78 is 94.0. The quantitative estimate of drug-likeness (QED) is 0.228. The molecule has 5 aromatic rings. The van der Waals surface area contributed by atoms with Crippen LogP contribution >= 0.6 is 0 Å². The number of pyridine rings is 1. The lowest BCUT2D eigenvalue weighted by atomic mass is 9.84. The van der Waals surface area contributed by atoms with E-state index in [0.717, 1.165) is 23.9 Å². The molecule has 0 spiro atoms. The number of nitriles is 1. The fraction of sp³-hybridized carbons (Fsp3) is 0.138. The van der Waals surface area contributed by atoms with Crippen molar-refractivity contribution in [2.75, 3.05) is 0 Å². The average Bonchev–Trinajstić information content (AvgIpc) is 3.47. The van der Waals surface area contributed by atoms with E-state index < -0.39 is 56.0 Å². The summed E-state index contributed by atoms with van der Waals surface area (Å²) in [6.07, 6.45) is 0.924. The monoisotopic (exact) mass is 624 g/mol. The Morgan fingerprint density at radius 2 is 1.66 bits per heavy atom. The second kappa shape index (κ2) is 11.5. The first kappa shape index (κ1) is 30.3. The molecule has 0 amide bonds. The van der Waals surface area contributed by atoms with E-state index in [1.54, 1.807) is 6.92 Å². The van der Waals surface area contributed by atoms with Crippen LogP contribution < -0.4 is 4.74 Å². The lowest BCUT2D eigenvalue weighted by Crippen LogP contribution is -2.48. The highest BCUT2D eigenvalue weighted by atomic mass is 32.2. The van der Waals surface area contributed by atoms with Gasteiger partial charge in [0.1, 0.15) is 28.8 Å². The normalized spacial score (nSPS) is 13.2. The first-order valence-corrected chi connectivity index (χ1v) is 14.1. The van der Waals surface area contributed by atoms with Crippen LogP contribution in [0.5, 0.6) is 11.5 Å². The summed E-state index contributed by atoms with van der Waals surface area (Å²) in [6.45, 7) is 0.334. The zero-order chi connectivity index (χ0) is 31.7. The molecule has 1 atom stereocenters. The summed E-state index contributed by atoms with van der Waals surface area (Å²) in [6, 6.07) is 16.9. The standard InChI is InChI=1S/C29H20F4N6O4S/c1-18-2-10-23(11-3-18)44(41,42)27-36-37-38-39(27)17-28(40,24-12-6-20(30)14-25(24)31)29(32,33)26-13-9-22(16-35-26)43-21-7-4-19(15-34)5-8-21/h2-14,16,40H,17H2,1H3. The van der Waals surface area contributed by atoms with Gasteiger partial charge in [-0.2, -0.15) is 14.0 Å². The molecule has 0 saturated carbocycles. The average molecular weight is 625 g/mol. The number of hydrogen-bond acceptors (Lipinski definition) is 9. The maximum atomic E-state index is 16.3. The highest BCUT2D eigenvalue weighted by Gasteiger charge is 2.58. The van der Waals surface area contributed by atoms with Gasteiger partial charge in [-0.3, -0.25) is 4.98 Å². The van der Waals surface area contributed by atoms with Crippen LogP contribution in [0.15, 0.2) is 95.1 Å². The Bertz CT molecular complexity index is 1960. The molecule has 0 bridgehead atoms. The Hall–Kier alpha value is -5.20. The highest BCUT2D eigenvalue weighted by Crippen LogP contribution is 2.47. The Morgan fingerprint density at radius 1 is 0.977 bits per heavy atom. The smallest absolute Gasteiger partial charge is 0.323 e. The number of sulfone groups is 1. The van der Waals surface area contributed by atoms with Gasteiger partial charge in [-0.15, -0.1) is 0 Å². The maximum absolute atomic E-state index is 16.3. The van der Waals surface area contributed by atoms with E-state index in [1.807, 2.05) is 6.07 Å². The molecule has 3 aromatic carbocycles. The van der Waals surface area contributed by atoms with E-state index in [4.69, 9.17) is 10.00 Å². The van der Waals surface area contributed by atoms with Crippen molar-refractivity contribution in [1.29, 1.82) is 5.26 Å². The van der Waals surface area contributed by atoms with Gasteiger partial charge in [0, 0.05) is 11.6 Å². The van der Waals surface area contributed by atoms with E-state index >= 15 is 13.2 Å². The summed E-state index contributed by atoms with van der Waals surface area (Å²) in [5.74, 6) is -6.81. The minimum atomic E-state index is -4.50. The Morgan fingerprint density at radius 3 is 2.27 bits per heavy atom. The van der Waals surface area contributed by atoms with Gasteiger partial charge >= 0.3 is 5.92 Å². The topological polar surface area (TPSA) is 144 Å². The predicted molar refractivity (Wildman–Crippen MR) is 144 cm³/mol. The van der Waals surface area contributed by atoms with E-state index in [-0.39, 0.29) is 16.4 Å². The maximum Gasteiger partial charge on any atom is 0.323 e. The van der Waals surface area contributed by atoms with Crippen molar-refractivity contribution in [2.24, 2.45) is 0 Å².